The summed E-state index contributed by atoms with van der Waals surface area (Å²) in [5, 5.41) is 0. The van der Waals surface area contributed by atoms with Gasteiger partial charge in [0.1, 0.15) is 0 Å². The minimum atomic E-state index is -0.172. The van der Waals surface area contributed by atoms with Crippen molar-refractivity contribution in [1.82, 2.24) is 4.90 Å². The summed E-state index contributed by atoms with van der Waals surface area (Å²) in [7, 11) is 1.44. The normalized spacial score (nSPS) is 10.9. The van der Waals surface area contributed by atoms with Crippen LogP contribution in [-0.2, 0) is 16.1 Å². The molecule has 1 aromatic rings. The monoisotopic (exact) mass is 249 g/mol. The number of carbonyl (C=O) groups excluding carboxylic acids is 1. The number of carbonyl (C=O) groups is 1. The van der Waals surface area contributed by atoms with E-state index in [1.165, 1.54) is 12.7 Å². The van der Waals surface area contributed by atoms with Crippen LogP contribution in [0.5, 0.6) is 0 Å². The van der Waals surface area contributed by atoms with Crippen molar-refractivity contribution in [2.24, 2.45) is 5.92 Å². The molecule has 0 aromatic heterocycles. The molecule has 0 spiro atoms. The maximum atomic E-state index is 11.4. The van der Waals surface area contributed by atoms with Gasteiger partial charge in [-0.05, 0) is 24.4 Å². The Hall–Kier alpha value is -1.35. The lowest BCUT2D eigenvalue weighted by molar-refractivity contribution is -0.142. The Morgan fingerprint density at radius 3 is 2.50 bits per heavy atom. The fourth-order valence-corrected chi connectivity index (χ4v) is 1.74. The molecule has 3 nitrogen and oxygen atoms in total. The molecule has 18 heavy (non-hydrogen) atoms. The van der Waals surface area contributed by atoms with Gasteiger partial charge < -0.3 is 4.74 Å². The number of hydrogen-bond donors (Lipinski definition) is 0. The van der Waals surface area contributed by atoms with E-state index in [1.54, 1.807) is 0 Å². The van der Waals surface area contributed by atoms with Gasteiger partial charge in [-0.3, -0.25) is 9.69 Å². The van der Waals surface area contributed by atoms with Crippen LogP contribution in [0.1, 0.15) is 25.8 Å². The van der Waals surface area contributed by atoms with Gasteiger partial charge in [-0.25, -0.2) is 0 Å². The SMILES string of the molecule is COC(=O)CN(CCC(C)C)Cc1ccccc1. The van der Waals surface area contributed by atoms with E-state index in [4.69, 9.17) is 4.74 Å². The molecule has 0 aliphatic heterocycles. The minimum Gasteiger partial charge on any atom is -0.468 e. The summed E-state index contributed by atoms with van der Waals surface area (Å²) in [5.74, 6) is 0.468. The summed E-state index contributed by atoms with van der Waals surface area (Å²) >= 11 is 0. The highest BCUT2D eigenvalue weighted by atomic mass is 16.5. The maximum Gasteiger partial charge on any atom is 0.319 e. The molecule has 0 saturated carbocycles. The predicted molar refractivity (Wildman–Crippen MR) is 73.2 cm³/mol. The summed E-state index contributed by atoms with van der Waals surface area (Å²) in [6.45, 7) is 6.46. The largest absolute Gasteiger partial charge is 0.468 e. The van der Waals surface area contributed by atoms with Gasteiger partial charge in [0.15, 0.2) is 0 Å². The van der Waals surface area contributed by atoms with E-state index in [2.05, 4.69) is 30.9 Å². The topological polar surface area (TPSA) is 29.5 Å². The Morgan fingerprint density at radius 2 is 1.94 bits per heavy atom. The molecule has 0 atom stereocenters. The van der Waals surface area contributed by atoms with Crippen LogP contribution in [-0.4, -0.2) is 31.1 Å². The summed E-state index contributed by atoms with van der Waals surface area (Å²) in [5.41, 5.74) is 1.23. The van der Waals surface area contributed by atoms with Crippen molar-refractivity contribution in [3.8, 4) is 0 Å². The summed E-state index contributed by atoms with van der Waals surface area (Å²) in [4.78, 5) is 13.5. The first-order valence-corrected chi connectivity index (χ1v) is 6.45. The number of esters is 1. The van der Waals surface area contributed by atoms with Crippen LogP contribution < -0.4 is 0 Å². The van der Waals surface area contributed by atoms with Gasteiger partial charge in [-0.1, -0.05) is 44.2 Å². The van der Waals surface area contributed by atoms with Crippen LogP contribution in [0.2, 0.25) is 0 Å². The molecule has 0 fully saturated rings. The number of benzene rings is 1. The van der Waals surface area contributed by atoms with Crippen molar-refractivity contribution in [3.63, 3.8) is 0 Å². The molecule has 0 saturated heterocycles. The molecule has 1 aromatic carbocycles. The molecule has 1 rings (SSSR count). The molecular weight excluding hydrogens is 226 g/mol. The Kier molecular flexibility index (Phi) is 6.44. The molecule has 0 unspecified atom stereocenters. The average molecular weight is 249 g/mol. The third-order valence-corrected chi connectivity index (χ3v) is 2.85. The van der Waals surface area contributed by atoms with Crippen molar-refractivity contribution < 1.29 is 9.53 Å². The van der Waals surface area contributed by atoms with Crippen LogP contribution >= 0.6 is 0 Å². The molecule has 0 radical (unpaired) electrons. The second kappa shape index (κ2) is 7.88. The number of hydrogen-bond acceptors (Lipinski definition) is 3. The quantitative estimate of drug-likeness (QED) is 0.696. The van der Waals surface area contributed by atoms with Crippen LogP contribution in [0.4, 0.5) is 0 Å². The molecule has 0 bridgehead atoms. The van der Waals surface area contributed by atoms with E-state index in [9.17, 15) is 4.79 Å². The van der Waals surface area contributed by atoms with Crippen LogP contribution in [0.3, 0.4) is 0 Å². The second-order valence-corrected chi connectivity index (χ2v) is 4.95. The molecule has 100 valence electrons. The fourth-order valence-electron chi connectivity index (χ4n) is 1.74. The lowest BCUT2D eigenvalue weighted by Crippen LogP contribution is -2.31. The lowest BCUT2D eigenvalue weighted by atomic mass is 10.1. The number of methoxy groups -OCH3 is 1. The fraction of sp³-hybridized carbons (Fsp3) is 0.533. The van der Waals surface area contributed by atoms with Crippen LogP contribution in [0.25, 0.3) is 0 Å². The summed E-state index contributed by atoms with van der Waals surface area (Å²) in [6, 6.07) is 10.2. The van der Waals surface area contributed by atoms with Gasteiger partial charge in [0, 0.05) is 6.54 Å². The third kappa shape index (κ3) is 5.82. The van der Waals surface area contributed by atoms with Crippen molar-refractivity contribution in [3.05, 3.63) is 35.9 Å². The molecule has 0 heterocycles. The van der Waals surface area contributed by atoms with E-state index in [0.29, 0.717) is 12.5 Å². The lowest BCUT2D eigenvalue weighted by Gasteiger charge is -2.22. The van der Waals surface area contributed by atoms with Crippen molar-refractivity contribution in [2.75, 3.05) is 20.2 Å². The smallest absolute Gasteiger partial charge is 0.319 e. The second-order valence-electron chi connectivity index (χ2n) is 4.95. The molecule has 0 amide bonds. The highest BCUT2D eigenvalue weighted by Gasteiger charge is 2.11. The van der Waals surface area contributed by atoms with E-state index < -0.39 is 0 Å². The first kappa shape index (κ1) is 14.7. The van der Waals surface area contributed by atoms with Gasteiger partial charge in [-0.2, -0.15) is 0 Å². The maximum absolute atomic E-state index is 11.4. The number of ether oxygens (including phenoxy) is 1. The van der Waals surface area contributed by atoms with Crippen LogP contribution in [0.15, 0.2) is 30.3 Å². The molecule has 3 heteroatoms. The van der Waals surface area contributed by atoms with Crippen molar-refractivity contribution >= 4 is 5.97 Å². The Balaban J connectivity index is 2.56. The Morgan fingerprint density at radius 1 is 1.28 bits per heavy atom. The molecular formula is C15H23NO2. The zero-order valence-corrected chi connectivity index (χ0v) is 11.6. The van der Waals surface area contributed by atoms with E-state index in [0.717, 1.165) is 19.5 Å². The van der Waals surface area contributed by atoms with Gasteiger partial charge in [0.25, 0.3) is 0 Å². The third-order valence-electron chi connectivity index (χ3n) is 2.85. The Labute approximate surface area is 110 Å². The predicted octanol–water partition coefficient (Wildman–Crippen LogP) is 2.71. The van der Waals surface area contributed by atoms with Gasteiger partial charge in [0.2, 0.25) is 0 Å². The first-order valence-electron chi connectivity index (χ1n) is 6.45. The number of rotatable bonds is 7. The van der Waals surface area contributed by atoms with Gasteiger partial charge in [0.05, 0.1) is 13.7 Å². The zero-order valence-electron chi connectivity index (χ0n) is 11.6. The van der Waals surface area contributed by atoms with Crippen molar-refractivity contribution in [1.29, 1.82) is 0 Å². The van der Waals surface area contributed by atoms with Gasteiger partial charge in [-0.15, -0.1) is 0 Å². The zero-order chi connectivity index (χ0) is 13.4. The van der Waals surface area contributed by atoms with Crippen LogP contribution in [0, 0.1) is 5.92 Å². The minimum absolute atomic E-state index is 0.172. The first-order chi connectivity index (χ1) is 8.61. The molecule has 0 N–H and O–H groups in total. The average Bonchev–Trinajstić information content (AvgIpc) is 2.37. The molecule has 0 aliphatic carbocycles. The van der Waals surface area contributed by atoms with Crippen molar-refractivity contribution in [2.45, 2.75) is 26.8 Å². The summed E-state index contributed by atoms with van der Waals surface area (Å²) < 4.78 is 4.74. The standard InChI is InChI=1S/C15H23NO2/c1-13(2)9-10-16(12-15(17)18-3)11-14-7-5-4-6-8-14/h4-8,13H,9-12H2,1-3H3. The highest BCUT2D eigenvalue weighted by molar-refractivity contribution is 5.71. The van der Waals surface area contributed by atoms with E-state index in [-0.39, 0.29) is 5.97 Å². The number of nitrogens with zero attached hydrogens (tertiary/aromatic N) is 1. The highest BCUT2D eigenvalue weighted by Crippen LogP contribution is 2.08. The summed E-state index contributed by atoms with van der Waals surface area (Å²) in [6.07, 6.45) is 1.09. The van der Waals surface area contributed by atoms with E-state index in [1.807, 2.05) is 18.2 Å². The molecule has 0 aliphatic rings. The van der Waals surface area contributed by atoms with Gasteiger partial charge >= 0.3 is 5.97 Å². The Bertz CT molecular complexity index is 349. The van der Waals surface area contributed by atoms with E-state index >= 15 is 0 Å².